The van der Waals surface area contributed by atoms with Crippen LogP contribution in [0.4, 0.5) is 0 Å². The quantitative estimate of drug-likeness (QED) is 0.841. The number of benzene rings is 1. The highest BCUT2D eigenvalue weighted by Gasteiger charge is 2.02. The van der Waals surface area contributed by atoms with Crippen LogP contribution in [0.15, 0.2) is 46.7 Å². The summed E-state index contributed by atoms with van der Waals surface area (Å²) in [6.07, 6.45) is 4.44. The van der Waals surface area contributed by atoms with Gasteiger partial charge in [0.1, 0.15) is 0 Å². The molecular formula is C13H15N3S. The van der Waals surface area contributed by atoms with Crippen LogP contribution in [0.3, 0.4) is 0 Å². The summed E-state index contributed by atoms with van der Waals surface area (Å²) < 4.78 is 0. The molecule has 2 rings (SSSR count). The van der Waals surface area contributed by atoms with E-state index < -0.39 is 0 Å². The van der Waals surface area contributed by atoms with Crippen molar-refractivity contribution in [2.24, 2.45) is 5.73 Å². The second-order valence-electron chi connectivity index (χ2n) is 3.76. The average molecular weight is 245 g/mol. The number of hydrogen-bond donors (Lipinski definition) is 1. The van der Waals surface area contributed by atoms with E-state index >= 15 is 0 Å². The van der Waals surface area contributed by atoms with E-state index in [1.54, 1.807) is 24.2 Å². The van der Waals surface area contributed by atoms with E-state index in [4.69, 9.17) is 5.73 Å². The lowest BCUT2D eigenvalue weighted by atomic mass is 10.1. The van der Waals surface area contributed by atoms with E-state index in [1.807, 2.05) is 6.07 Å². The molecule has 0 amide bonds. The number of rotatable bonds is 4. The third-order valence-corrected chi connectivity index (χ3v) is 3.36. The van der Waals surface area contributed by atoms with Crippen molar-refractivity contribution in [3.05, 3.63) is 47.8 Å². The van der Waals surface area contributed by atoms with Gasteiger partial charge in [0.2, 0.25) is 0 Å². The van der Waals surface area contributed by atoms with Gasteiger partial charge in [-0.2, -0.15) is 0 Å². The first-order valence-electron chi connectivity index (χ1n) is 5.54. The minimum Gasteiger partial charge on any atom is -0.330 e. The van der Waals surface area contributed by atoms with Crippen molar-refractivity contribution < 1.29 is 0 Å². The van der Waals surface area contributed by atoms with Crippen LogP contribution in [-0.2, 0) is 6.42 Å². The Kier molecular flexibility index (Phi) is 4.12. The Morgan fingerprint density at radius 1 is 1.24 bits per heavy atom. The van der Waals surface area contributed by atoms with Gasteiger partial charge in [0.05, 0.1) is 0 Å². The number of hydrogen-bond acceptors (Lipinski definition) is 4. The molecule has 0 spiro atoms. The van der Waals surface area contributed by atoms with Crippen molar-refractivity contribution >= 4 is 11.8 Å². The van der Waals surface area contributed by atoms with Gasteiger partial charge in [-0.1, -0.05) is 6.07 Å². The molecule has 0 atom stereocenters. The zero-order valence-electron chi connectivity index (χ0n) is 9.76. The molecule has 0 fully saturated rings. The highest BCUT2D eigenvalue weighted by molar-refractivity contribution is 7.99. The predicted octanol–water partition coefficient (Wildman–Crippen LogP) is 2.44. The molecule has 3 nitrogen and oxygen atoms in total. The summed E-state index contributed by atoms with van der Waals surface area (Å²) in [6.45, 7) is 2.80. The van der Waals surface area contributed by atoms with E-state index in [0.717, 1.165) is 16.5 Å². The van der Waals surface area contributed by atoms with Crippen LogP contribution in [-0.4, -0.2) is 16.5 Å². The van der Waals surface area contributed by atoms with Crippen molar-refractivity contribution in [1.82, 2.24) is 9.97 Å². The molecule has 0 aliphatic carbocycles. The molecule has 1 heterocycles. The Morgan fingerprint density at radius 2 is 2.00 bits per heavy atom. The lowest BCUT2D eigenvalue weighted by Crippen LogP contribution is -2.03. The lowest BCUT2D eigenvalue weighted by Gasteiger charge is -2.06. The Bertz CT molecular complexity index is 485. The van der Waals surface area contributed by atoms with Gasteiger partial charge in [0.25, 0.3) is 0 Å². The van der Waals surface area contributed by atoms with Crippen LogP contribution in [0, 0.1) is 6.92 Å². The summed E-state index contributed by atoms with van der Waals surface area (Å²) in [5.74, 6) is 0. The van der Waals surface area contributed by atoms with Gasteiger partial charge in [0, 0.05) is 17.3 Å². The first kappa shape index (κ1) is 12.1. The number of nitrogens with zero attached hydrogens (tertiary/aromatic N) is 2. The second-order valence-corrected chi connectivity index (χ2v) is 4.80. The molecule has 2 aromatic rings. The van der Waals surface area contributed by atoms with Gasteiger partial charge >= 0.3 is 0 Å². The van der Waals surface area contributed by atoms with Crippen molar-refractivity contribution in [1.29, 1.82) is 0 Å². The molecule has 0 saturated carbocycles. The Labute approximate surface area is 105 Å². The summed E-state index contributed by atoms with van der Waals surface area (Å²) >= 11 is 1.58. The van der Waals surface area contributed by atoms with Crippen molar-refractivity contribution in [3.63, 3.8) is 0 Å². The first-order valence-corrected chi connectivity index (χ1v) is 6.35. The Morgan fingerprint density at radius 3 is 2.65 bits per heavy atom. The zero-order chi connectivity index (χ0) is 12.1. The standard InChI is InChI=1S/C13H15N3S/c1-10-9-12(4-3-11(10)5-6-14)17-13-15-7-2-8-16-13/h2-4,7-9H,5-6,14H2,1H3. The second kappa shape index (κ2) is 5.80. The SMILES string of the molecule is Cc1cc(Sc2ncccn2)ccc1CCN. The van der Waals surface area contributed by atoms with Crippen molar-refractivity contribution in [3.8, 4) is 0 Å². The molecule has 0 radical (unpaired) electrons. The van der Waals surface area contributed by atoms with Crippen LogP contribution in [0.2, 0.25) is 0 Å². The minimum absolute atomic E-state index is 0.690. The molecule has 1 aromatic heterocycles. The third kappa shape index (κ3) is 3.28. The molecule has 2 N–H and O–H groups in total. The monoisotopic (exact) mass is 245 g/mol. The summed E-state index contributed by atoms with van der Waals surface area (Å²) in [7, 11) is 0. The molecule has 0 unspecified atom stereocenters. The van der Waals surface area contributed by atoms with Gasteiger partial charge < -0.3 is 5.73 Å². The molecule has 0 saturated heterocycles. The van der Waals surface area contributed by atoms with Crippen molar-refractivity contribution in [2.75, 3.05) is 6.54 Å². The summed E-state index contributed by atoms with van der Waals surface area (Å²) in [6, 6.07) is 8.21. The van der Waals surface area contributed by atoms with Gasteiger partial charge in [-0.05, 0) is 61.0 Å². The van der Waals surface area contributed by atoms with Gasteiger partial charge in [-0.3, -0.25) is 0 Å². The van der Waals surface area contributed by atoms with Crippen LogP contribution >= 0.6 is 11.8 Å². The fraction of sp³-hybridized carbons (Fsp3) is 0.231. The summed E-state index contributed by atoms with van der Waals surface area (Å²) in [5, 5.41) is 0.776. The van der Waals surface area contributed by atoms with Gasteiger partial charge in [-0.15, -0.1) is 0 Å². The average Bonchev–Trinajstić information content (AvgIpc) is 2.34. The highest BCUT2D eigenvalue weighted by atomic mass is 32.2. The topological polar surface area (TPSA) is 51.8 Å². The Balaban J connectivity index is 2.15. The van der Waals surface area contributed by atoms with E-state index in [-0.39, 0.29) is 0 Å². The number of aryl methyl sites for hydroxylation is 1. The summed E-state index contributed by atoms with van der Waals surface area (Å²) in [4.78, 5) is 9.55. The van der Waals surface area contributed by atoms with E-state index in [1.165, 1.54) is 11.1 Å². The van der Waals surface area contributed by atoms with Crippen LogP contribution in [0.1, 0.15) is 11.1 Å². The third-order valence-electron chi connectivity index (χ3n) is 2.48. The maximum absolute atomic E-state index is 5.57. The minimum atomic E-state index is 0.690. The fourth-order valence-corrected chi connectivity index (χ4v) is 2.42. The van der Waals surface area contributed by atoms with Crippen LogP contribution < -0.4 is 5.73 Å². The molecule has 88 valence electrons. The summed E-state index contributed by atoms with van der Waals surface area (Å²) in [5.41, 5.74) is 8.15. The molecule has 0 bridgehead atoms. The molecule has 17 heavy (non-hydrogen) atoms. The van der Waals surface area contributed by atoms with Crippen molar-refractivity contribution in [2.45, 2.75) is 23.4 Å². The zero-order valence-corrected chi connectivity index (χ0v) is 10.6. The molecule has 0 aliphatic rings. The predicted molar refractivity (Wildman–Crippen MR) is 70.1 cm³/mol. The maximum atomic E-state index is 5.57. The van der Waals surface area contributed by atoms with Crippen LogP contribution in [0.25, 0.3) is 0 Å². The molecule has 1 aromatic carbocycles. The smallest absolute Gasteiger partial charge is 0.192 e. The molecule has 0 aliphatic heterocycles. The first-order chi connectivity index (χ1) is 8.29. The van der Waals surface area contributed by atoms with E-state index in [0.29, 0.717) is 6.54 Å². The fourth-order valence-electron chi connectivity index (χ4n) is 1.61. The van der Waals surface area contributed by atoms with Gasteiger partial charge in [-0.25, -0.2) is 9.97 Å². The number of nitrogens with two attached hydrogens (primary N) is 1. The maximum Gasteiger partial charge on any atom is 0.192 e. The Hall–Kier alpha value is -1.39. The van der Waals surface area contributed by atoms with E-state index in [9.17, 15) is 0 Å². The normalized spacial score (nSPS) is 10.5. The lowest BCUT2D eigenvalue weighted by molar-refractivity contribution is 0.951. The molecule has 4 heteroatoms. The molecular weight excluding hydrogens is 230 g/mol. The largest absolute Gasteiger partial charge is 0.330 e. The van der Waals surface area contributed by atoms with Gasteiger partial charge in [0.15, 0.2) is 5.16 Å². The number of aromatic nitrogens is 2. The van der Waals surface area contributed by atoms with Crippen LogP contribution in [0.5, 0.6) is 0 Å². The highest BCUT2D eigenvalue weighted by Crippen LogP contribution is 2.26. The van der Waals surface area contributed by atoms with E-state index in [2.05, 4.69) is 35.1 Å².